The minimum absolute atomic E-state index is 0.0685. The molecule has 1 fully saturated rings. The van der Waals surface area contributed by atoms with Gasteiger partial charge in [0.1, 0.15) is 5.75 Å². The molecule has 4 heteroatoms. The van der Waals surface area contributed by atoms with Crippen LogP contribution in [0.2, 0.25) is 5.02 Å². The largest absolute Gasteiger partial charge is 0.494 e. The van der Waals surface area contributed by atoms with Gasteiger partial charge in [-0.1, -0.05) is 35.9 Å². The molecule has 3 nitrogen and oxygen atoms in total. The molecular weight excluding hydrogens is 336 g/mol. The van der Waals surface area contributed by atoms with Gasteiger partial charge >= 0.3 is 0 Å². The molecule has 0 bridgehead atoms. The summed E-state index contributed by atoms with van der Waals surface area (Å²) in [6.07, 6.45) is 1.77. The van der Waals surface area contributed by atoms with Gasteiger partial charge in [0.15, 0.2) is 0 Å². The van der Waals surface area contributed by atoms with E-state index < -0.39 is 0 Å². The topological polar surface area (TPSA) is 38.7 Å². The molecule has 1 aliphatic heterocycles. The molecule has 1 unspecified atom stereocenters. The fraction of sp³-hybridized carbons (Fsp3) is 0.429. The van der Waals surface area contributed by atoms with Crippen LogP contribution in [0.4, 0.5) is 0 Å². The zero-order valence-electron chi connectivity index (χ0n) is 14.7. The zero-order valence-corrected chi connectivity index (χ0v) is 15.5. The predicted octanol–water partition coefficient (Wildman–Crippen LogP) is 4.93. The molecular formula is C21H25ClO3. The van der Waals surface area contributed by atoms with Crippen molar-refractivity contribution in [2.45, 2.75) is 51.4 Å². The van der Waals surface area contributed by atoms with E-state index in [1.54, 1.807) is 0 Å². The van der Waals surface area contributed by atoms with E-state index in [0.717, 1.165) is 28.3 Å². The van der Waals surface area contributed by atoms with Crippen LogP contribution in [-0.2, 0) is 11.2 Å². The lowest BCUT2D eigenvalue weighted by Crippen LogP contribution is -2.29. The van der Waals surface area contributed by atoms with Crippen LogP contribution in [0.1, 0.15) is 49.5 Å². The van der Waals surface area contributed by atoms with Crippen molar-refractivity contribution in [2.75, 3.05) is 6.61 Å². The second kappa shape index (κ2) is 8.22. The van der Waals surface area contributed by atoms with E-state index in [0.29, 0.717) is 19.4 Å². The van der Waals surface area contributed by atoms with Gasteiger partial charge in [-0.25, -0.2) is 0 Å². The Morgan fingerprint density at radius 1 is 1.16 bits per heavy atom. The summed E-state index contributed by atoms with van der Waals surface area (Å²) in [4.78, 5) is 0. The van der Waals surface area contributed by atoms with Crippen LogP contribution in [0, 0.1) is 0 Å². The molecule has 3 rings (SSSR count). The van der Waals surface area contributed by atoms with Crippen molar-refractivity contribution < 1.29 is 14.6 Å². The van der Waals surface area contributed by atoms with Gasteiger partial charge < -0.3 is 14.6 Å². The first-order chi connectivity index (χ1) is 12.0. The molecule has 2 aromatic carbocycles. The molecule has 3 atom stereocenters. The first kappa shape index (κ1) is 18.2. The molecule has 1 saturated heterocycles. The Morgan fingerprint density at radius 3 is 2.60 bits per heavy atom. The van der Waals surface area contributed by atoms with Gasteiger partial charge in [-0.05, 0) is 61.6 Å². The van der Waals surface area contributed by atoms with Gasteiger partial charge in [-0.3, -0.25) is 0 Å². The van der Waals surface area contributed by atoms with E-state index in [1.807, 2.05) is 38.1 Å². The molecule has 134 valence electrons. The molecule has 0 spiro atoms. The van der Waals surface area contributed by atoms with Gasteiger partial charge in [0.05, 0.1) is 24.9 Å². The molecule has 0 saturated carbocycles. The van der Waals surface area contributed by atoms with Crippen LogP contribution in [-0.4, -0.2) is 23.9 Å². The average molecular weight is 361 g/mol. The quantitative estimate of drug-likeness (QED) is 0.821. The number of aliphatic hydroxyl groups excluding tert-OH is 1. The summed E-state index contributed by atoms with van der Waals surface area (Å²) in [5.74, 6) is 0.879. The van der Waals surface area contributed by atoms with E-state index in [-0.39, 0.29) is 18.3 Å². The molecule has 25 heavy (non-hydrogen) atoms. The highest BCUT2D eigenvalue weighted by Gasteiger charge is 2.27. The van der Waals surface area contributed by atoms with Crippen LogP contribution in [0.5, 0.6) is 5.75 Å². The Balaban J connectivity index is 1.77. The van der Waals surface area contributed by atoms with Crippen molar-refractivity contribution in [2.24, 2.45) is 0 Å². The van der Waals surface area contributed by atoms with Crippen molar-refractivity contribution in [3.63, 3.8) is 0 Å². The summed E-state index contributed by atoms with van der Waals surface area (Å²) >= 11 is 6.41. The molecule has 1 heterocycles. The Morgan fingerprint density at radius 2 is 1.92 bits per heavy atom. The molecule has 0 aromatic heterocycles. The maximum atomic E-state index is 10.0. The lowest BCUT2D eigenvalue weighted by molar-refractivity contribution is -0.0895. The van der Waals surface area contributed by atoms with Crippen LogP contribution >= 0.6 is 11.6 Å². The molecule has 1 aliphatic rings. The monoisotopic (exact) mass is 360 g/mol. The van der Waals surface area contributed by atoms with Crippen LogP contribution < -0.4 is 4.74 Å². The maximum Gasteiger partial charge on any atom is 0.119 e. The van der Waals surface area contributed by atoms with Crippen molar-refractivity contribution in [3.05, 3.63) is 64.2 Å². The lowest BCUT2D eigenvalue weighted by Gasteiger charge is -2.31. The summed E-state index contributed by atoms with van der Waals surface area (Å²) < 4.78 is 11.5. The standard InChI is InChI=1S/C21H25ClO3/c1-3-24-19-7-4-15(5-8-19)11-17-12-16(6-9-20(17)22)21-13-18(23)10-14(2)25-21/h4-9,12,14,18,21,23H,3,10-11,13H2,1-2H3/t14-,18?,21-/m1/s1. The summed E-state index contributed by atoms with van der Waals surface area (Å²) in [7, 11) is 0. The van der Waals surface area contributed by atoms with E-state index in [9.17, 15) is 5.11 Å². The van der Waals surface area contributed by atoms with Gasteiger partial charge in [-0.15, -0.1) is 0 Å². The highest BCUT2D eigenvalue weighted by molar-refractivity contribution is 6.31. The third-order valence-corrected chi connectivity index (χ3v) is 4.93. The Kier molecular flexibility index (Phi) is 6.00. The number of aliphatic hydroxyl groups is 1. The molecule has 2 aromatic rings. The van der Waals surface area contributed by atoms with Gasteiger partial charge in [-0.2, -0.15) is 0 Å². The third kappa shape index (κ3) is 4.75. The first-order valence-corrected chi connectivity index (χ1v) is 9.26. The fourth-order valence-electron chi connectivity index (χ4n) is 3.35. The minimum atomic E-state index is -0.306. The smallest absolute Gasteiger partial charge is 0.119 e. The average Bonchev–Trinajstić information content (AvgIpc) is 2.58. The molecule has 0 aliphatic carbocycles. The van der Waals surface area contributed by atoms with E-state index in [1.165, 1.54) is 5.56 Å². The second-order valence-corrected chi connectivity index (χ2v) is 7.07. The summed E-state index contributed by atoms with van der Waals surface area (Å²) in [6.45, 7) is 4.65. The Labute approximate surface area is 154 Å². The zero-order chi connectivity index (χ0) is 17.8. The highest BCUT2D eigenvalue weighted by Crippen LogP contribution is 2.33. The fourth-order valence-corrected chi connectivity index (χ4v) is 3.54. The number of ether oxygens (including phenoxy) is 2. The van der Waals surface area contributed by atoms with Gasteiger partial charge in [0.25, 0.3) is 0 Å². The predicted molar refractivity (Wildman–Crippen MR) is 100 cm³/mol. The number of hydrogen-bond donors (Lipinski definition) is 1. The highest BCUT2D eigenvalue weighted by atomic mass is 35.5. The number of halogens is 1. The third-order valence-electron chi connectivity index (χ3n) is 4.56. The van der Waals surface area contributed by atoms with Crippen molar-refractivity contribution >= 4 is 11.6 Å². The molecule has 0 amide bonds. The van der Waals surface area contributed by atoms with Crippen molar-refractivity contribution in [3.8, 4) is 5.75 Å². The number of hydrogen-bond acceptors (Lipinski definition) is 3. The SMILES string of the molecule is CCOc1ccc(Cc2cc([C@H]3CC(O)C[C@@H](C)O3)ccc2Cl)cc1. The molecule has 1 N–H and O–H groups in total. The first-order valence-electron chi connectivity index (χ1n) is 8.88. The summed E-state index contributed by atoms with van der Waals surface area (Å²) in [6, 6.07) is 14.1. The van der Waals surface area contributed by atoms with Gasteiger partial charge in [0, 0.05) is 11.4 Å². The van der Waals surface area contributed by atoms with Crippen LogP contribution in [0.3, 0.4) is 0 Å². The van der Waals surface area contributed by atoms with Crippen molar-refractivity contribution in [1.82, 2.24) is 0 Å². The van der Waals surface area contributed by atoms with E-state index >= 15 is 0 Å². The van der Waals surface area contributed by atoms with Crippen molar-refractivity contribution in [1.29, 1.82) is 0 Å². The minimum Gasteiger partial charge on any atom is -0.494 e. The van der Waals surface area contributed by atoms with E-state index in [2.05, 4.69) is 18.2 Å². The van der Waals surface area contributed by atoms with Gasteiger partial charge in [0.2, 0.25) is 0 Å². The summed E-state index contributed by atoms with van der Waals surface area (Å²) in [5, 5.41) is 10.8. The second-order valence-electron chi connectivity index (χ2n) is 6.67. The number of benzene rings is 2. The number of rotatable bonds is 5. The van der Waals surface area contributed by atoms with E-state index in [4.69, 9.17) is 21.1 Å². The maximum absolute atomic E-state index is 10.0. The Hall–Kier alpha value is -1.55. The van der Waals surface area contributed by atoms with Crippen LogP contribution in [0.25, 0.3) is 0 Å². The summed E-state index contributed by atoms with van der Waals surface area (Å²) in [5.41, 5.74) is 3.33. The lowest BCUT2D eigenvalue weighted by atomic mass is 9.94. The normalized spacial score (nSPS) is 23.4. The Bertz CT molecular complexity index is 689. The molecule has 0 radical (unpaired) electrons. The van der Waals surface area contributed by atoms with Crippen LogP contribution in [0.15, 0.2) is 42.5 Å².